The average Bonchev–Trinajstić information content (AvgIpc) is 3.67. The van der Waals surface area contributed by atoms with Crippen LogP contribution < -0.4 is 15.5 Å². The summed E-state index contributed by atoms with van der Waals surface area (Å²) in [6, 6.07) is 9.48. The molecule has 12 nitrogen and oxygen atoms in total. The van der Waals surface area contributed by atoms with Crippen molar-refractivity contribution in [3.63, 3.8) is 0 Å². The Hall–Kier alpha value is -4.63. The molecule has 1 aliphatic heterocycles. The van der Waals surface area contributed by atoms with Crippen molar-refractivity contribution >= 4 is 35.2 Å². The molecule has 1 saturated carbocycles. The largest absolute Gasteiger partial charge is 0.452 e. The quantitative estimate of drug-likeness (QED) is 0.308. The van der Waals surface area contributed by atoms with Gasteiger partial charge in [-0.25, -0.2) is 19.3 Å². The second-order valence-corrected chi connectivity index (χ2v) is 10.2. The molecule has 3 aromatic rings. The molecule has 1 unspecified atom stereocenters. The fourth-order valence-corrected chi connectivity index (χ4v) is 4.46. The number of nitriles is 1. The Labute approximate surface area is 234 Å². The summed E-state index contributed by atoms with van der Waals surface area (Å²) in [5.74, 6) is -0.721. The van der Waals surface area contributed by atoms with Crippen LogP contribution in [0.25, 0.3) is 5.82 Å². The summed E-state index contributed by atoms with van der Waals surface area (Å²) in [4.78, 5) is 54.6. The number of benzene rings is 1. The molecule has 1 saturated heterocycles. The van der Waals surface area contributed by atoms with E-state index >= 15 is 0 Å². The van der Waals surface area contributed by atoms with Crippen LogP contribution in [-0.4, -0.2) is 56.7 Å². The Bertz CT molecular complexity index is 1520. The van der Waals surface area contributed by atoms with Gasteiger partial charge in [0.05, 0.1) is 27.9 Å². The van der Waals surface area contributed by atoms with Crippen LogP contribution in [0.3, 0.4) is 0 Å². The number of carbonyl (C=O) groups excluding carboxylic acids is 3. The third kappa shape index (κ3) is 5.69. The number of likely N-dealkylation sites (tertiary alicyclic amines) is 1. The number of pyridine rings is 1. The van der Waals surface area contributed by atoms with Gasteiger partial charge in [0.1, 0.15) is 5.69 Å². The van der Waals surface area contributed by atoms with Gasteiger partial charge in [0, 0.05) is 31.4 Å². The van der Waals surface area contributed by atoms with Gasteiger partial charge in [-0.1, -0.05) is 11.6 Å². The zero-order chi connectivity index (χ0) is 28.4. The van der Waals surface area contributed by atoms with Gasteiger partial charge in [0.15, 0.2) is 5.82 Å². The van der Waals surface area contributed by atoms with Crippen LogP contribution in [0.1, 0.15) is 58.2 Å². The molecule has 206 valence electrons. The average molecular weight is 564 g/mol. The maximum absolute atomic E-state index is 13.6. The number of hydrogen-bond acceptors (Lipinski definition) is 8. The van der Waals surface area contributed by atoms with E-state index in [0.717, 1.165) is 23.9 Å². The molecule has 2 aliphatic rings. The fourth-order valence-electron chi connectivity index (χ4n) is 4.26. The number of aromatic nitrogens is 3. The van der Waals surface area contributed by atoms with Crippen LogP contribution in [0.15, 0.2) is 36.5 Å². The van der Waals surface area contributed by atoms with E-state index in [2.05, 4.69) is 26.8 Å². The topological polar surface area (TPSA) is 151 Å². The molecule has 2 aromatic heterocycles. The second-order valence-electron chi connectivity index (χ2n) is 9.74. The predicted octanol–water partition coefficient (Wildman–Crippen LogP) is 4.02. The van der Waals surface area contributed by atoms with Crippen LogP contribution in [0.5, 0.6) is 5.88 Å². The lowest BCUT2D eigenvalue weighted by molar-refractivity contribution is -0.161. The van der Waals surface area contributed by atoms with E-state index < -0.39 is 17.9 Å². The fraction of sp³-hybridized carbons (Fsp3) is 0.333. The number of halogens is 1. The van der Waals surface area contributed by atoms with Crippen molar-refractivity contribution in [2.45, 2.75) is 39.2 Å². The first-order chi connectivity index (χ1) is 19.2. The summed E-state index contributed by atoms with van der Waals surface area (Å²) < 4.78 is 1.15. The SMILES string of the molecule is Cc1cc(C#N)cc(C(=O)NC(C)C2CC2)c1NC(=O)c1cc(OOC(=O)N2CCC2)nn1-c1ncccc1Cl. The molecule has 2 fully saturated rings. The van der Waals surface area contributed by atoms with Gasteiger partial charge in [-0.3, -0.25) is 14.5 Å². The van der Waals surface area contributed by atoms with Gasteiger partial charge in [-0.05, 0) is 68.9 Å². The summed E-state index contributed by atoms with van der Waals surface area (Å²) in [5, 5.41) is 19.6. The van der Waals surface area contributed by atoms with Crippen molar-refractivity contribution in [1.29, 1.82) is 5.26 Å². The van der Waals surface area contributed by atoms with E-state index in [1.165, 1.54) is 23.2 Å². The first kappa shape index (κ1) is 27.0. The Morgan fingerprint density at radius 3 is 2.62 bits per heavy atom. The van der Waals surface area contributed by atoms with E-state index in [4.69, 9.17) is 21.4 Å². The van der Waals surface area contributed by atoms with Crippen LogP contribution >= 0.6 is 11.6 Å². The third-order valence-corrected chi connectivity index (χ3v) is 7.10. The van der Waals surface area contributed by atoms with E-state index in [1.807, 2.05) is 6.92 Å². The number of carbonyl (C=O) groups is 3. The molecule has 1 aromatic carbocycles. The normalized spacial score (nSPS) is 14.9. The first-order valence-electron chi connectivity index (χ1n) is 12.8. The minimum Gasteiger partial charge on any atom is -0.349 e. The lowest BCUT2D eigenvalue weighted by Crippen LogP contribution is -2.42. The highest BCUT2D eigenvalue weighted by Crippen LogP contribution is 2.33. The van der Waals surface area contributed by atoms with Gasteiger partial charge < -0.3 is 15.5 Å². The maximum atomic E-state index is 13.6. The van der Waals surface area contributed by atoms with Gasteiger partial charge in [0.25, 0.3) is 17.7 Å². The van der Waals surface area contributed by atoms with Crippen molar-refractivity contribution < 1.29 is 24.2 Å². The molecule has 13 heteroatoms. The number of amides is 3. The van der Waals surface area contributed by atoms with Crippen LogP contribution in [0, 0.1) is 24.2 Å². The molecule has 2 N–H and O–H groups in total. The Morgan fingerprint density at radius 1 is 1.20 bits per heavy atom. The Kier molecular flexibility index (Phi) is 7.57. The van der Waals surface area contributed by atoms with E-state index in [-0.39, 0.29) is 45.3 Å². The predicted molar refractivity (Wildman–Crippen MR) is 143 cm³/mol. The highest BCUT2D eigenvalue weighted by molar-refractivity contribution is 6.32. The van der Waals surface area contributed by atoms with Crippen LogP contribution in [-0.2, 0) is 4.89 Å². The van der Waals surface area contributed by atoms with Crippen molar-refractivity contribution in [3.8, 4) is 17.8 Å². The summed E-state index contributed by atoms with van der Waals surface area (Å²) in [6.45, 7) is 4.74. The first-order valence-corrected chi connectivity index (χ1v) is 13.1. The number of nitrogens with zero attached hydrogens (tertiary/aromatic N) is 5. The second kappa shape index (κ2) is 11.2. The molecule has 40 heavy (non-hydrogen) atoms. The molecule has 0 radical (unpaired) electrons. The molecule has 1 atom stereocenters. The standard InChI is InChI=1S/C27H26ClN7O5/c1-15-11-17(14-29)12-19(25(36)31-16(2)18-6-7-18)23(15)32-26(37)21-13-22(39-40-27(38)34-9-4-10-34)33-35(21)24-20(28)5-3-8-30-24/h3,5,8,11-13,16,18H,4,6-7,9-10H2,1-2H3,(H,31,36)(H,32,37). The van der Waals surface area contributed by atoms with Crippen molar-refractivity contribution in [2.75, 3.05) is 18.4 Å². The summed E-state index contributed by atoms with van der Waals surface area (Å²) >= 11 is 6.33. The lowest BCUT2D eigenvalue weighted by Gasteiger charge is -2.28. The highest BCUT2D eigenvalue weighted by Gasteiger charge is 2.30. The number of nitrogens with one attached hydrogen (secondary N) is 2. The third-order valence-electron chi connectivity index (χ3n) is 6.81. The van der Waals surface area contributed by atoms with Crippen molar-refractivity contribution in [2.24, 2.45) is 5.92 Å². The Morgan fingerprint density at radius 2 is 1.98 bits per heavy atom. The van der Waals surface area contributed by atoms with Gasteiger partial charge in [-0.2, -0.15) is 5.26 Å². The van der Waals surface area contributed by atoms with E-state index in [9.17, 15) is 19.6 Å². The molecular weight excluding hydrogens is 538 g/mol. The highest BCUT2D eigenvalue weighted by atomic mass is 35.5. The maximum Gasteiger partial charge on any atom is 0.452 e. The lowest BCUT2D eigenvalue weighted by atomic mass is 10.0. The molecule has 0 bridgehead atoms. The smallest absolute Gasteiger partial charge is 0.349 e. The van der Waals surface area contributed by atoms with E-state index in [0.29, 0.717) is 24.6 Å². The zero-order valence-electron chi connectivity index (χ0n) is 21.8. The van der Waals surface area contributed by atoms with Crippen LogP contribution in [0.2, 0.25) is 5.02 Å². The number of rotatable bonds is 8. The van der Waals surface area contributed by atoms with E-state index in [1.54, 1.807) is 25.1 Å². The summed E-state index contributed by atoms with van der Waals surface area (Å²) in [7, 11) is 0. The molecule has 0 spiro atoms. The molecule has 3 heterocycles. The summed E-state index contributed by atoms with van der Waals surface area (Å²) in [5.41, 5.74) is 1.12. The number of anilines is 1. The van der Waals surface area contributed by atoms with Gasteiger partial charge in [-0.15, -0.1) is 5.10 Å². The molecule has 5 rings (SSSR count). The number of aryl methyl sites for hydroxylation is 1. The minimum absolute atomic E-state index is 0.0477. The summed E-state index contributed by atoms with van der Waals surface area (Å²) in [6.07, 6.45) is 3.76. The minimum atomic E-state index is -0.674. The Balaban J connectivity index is 1.46. The number of hydrogen-bond donors (Lipinski definition) is 2. The zero-order valence-corrected chi connectivity index (χ0v) is 22.6. The van der Waals surface area contributed by atoms with Gasteiger partial charge in [0.2, 0.25) is 0 Å². The van der Waals surface area contributed by atoms with Crippen molar-refractivity contribution in [1.82, 2.24) is 25.0 Å². The molecule has 3 amide bonds. The van der Waals surface area contributed by atoms with Crippen molar-refractivity contribution in [3.05, 3.63) is 63.9 Å². The molecular formula is C27H26ClN7O5. The monoisotopic (exact) mass is 563 g/mol. The molecule has 1 aliphatic carbocycles. The van der Waals surface area contributed by atoms with Crippen LogP contribution in [0.4, 0.5) is 10.5 Å². The van der Waals surface area contributed by atoms with Gasteiger partial charge >= 0.3 is 6.09 Å².